The number of esters is 1. The van der Waals surface area contributed by atoms with Gasteiger partial charge in [-0.25, -0.2) is 4.79 Å². The number of carbonyl (C=O) groups excluding carboxylic acids is 1. The molecule has 1 heterocycles. The third-order valence-electron chi connectivity index (χ3n) is 4.84. The Labute approximate surface area is 177 Å². The Morgan fingerprint density at radius 3 is 2.70 bits per heavy atom. The van der Waals surface area contributed by atoms with Crippen LogP contribution in [0.3, 0.4) is 0 Å². The molecule has 0 saturated carbocycles. The predicted molar refractivity (Wildman–Crippen MR) is 119 cm³/mol. The topological polar surface area (TPSA) is 64.9 Å². The molecule has 0 amide bonds. The molecule has 0 saturated heterocycles. The van der Waals surface area contributed by atoms with E-state index in [1.165, 1.54) is 0 Å². The highest BCUT2D eigenvalue weighted by molar-refractivity contribution is 5.90. The van der Waals surface area contributed by atoms with Gasteiger partial charge < -0.3 is 19.5 Å². The smallest absolute Gasteiger partial charge is 0.338 e. The zero-order valence-corrected chi connectivity index (χ0v) is 17.8. The number of carbonyl (C=O) groups is 1. The zero-order valence-electron chi connectivity index (χ0n) is 17.8. The molecule has 0 bridgehead atoms. The van der Waals surface area contributed by atoms with Gasteiger partial charge >= 0.3 is 5.97 Å². The van der Waals surface area contributed by atoms with Crippen molar-refractivity contribution in [3.05, 3.63) is 82.7 Å². The third kappa shape index (κ3) is 4.71. The van der Waals surface area contributed by atoms with Crippen LogP contribution in [0.5, 0.6) is 5.75 Å². The van der Waals surface area contributed by atoms with E-state index in [2.05, 4.69) is 21.2 Å². The van der Waals surface area contributed by atoms with Crippen molar-refractivity contribution in [3.63, 3.8) is 0 Å². The standard InChI is InChI=1S/C24H27N3O3/c1-5-30-24(28)19-10-8-11-22(14-19)27-17(2)13-21(18(27)3)16-26-25-15-20-9-6-7-12-23(20)29-4/h6-14,16,25H,5,15H2,1-4H3/b26-16+. The van der Waals surface area contributed by atoms with Gasteiger partial charge in [0.05, 0.1) is 32.0 Å². The Morgan fingerprint density at radius 2 is 1.93 bits per heavy atom. The fourth-order valence-corrected chi connectivity index (χ4v) is 3.40. The van der Waals surface area contributed by atoms with E-state index in [0.29, 0.717) is 18.7 Å². The van der Waals surface area contributed by atoms with Gasteiger partial charge in [-0.1, -0.05) is 24.3 Å². The average Bonchev–Trinajstić information content (AvgIpc) is 3.04. The summed E-state index contributed by atoms with van der Waals surface area (Å²) in [6.07, 6.45) is 1.81. The van der Waals surface area contributed by atoms with Gasteiger partial charge in [0.2, 0.25) is 0 Å². The number of hydrogen-bond acceptors (Lipinski definition) is 5. The first-order valence-corrected chi connectivity index (χ1v) is 9.89. The number of ether oxygens (including phenoxy) is 2. The fourth-order valence-electron chi connectivity index (χ4n) is 3.40. The second-order valence-corrected chi connectivity index (χ2v) is 6.84. The molecule has 0 aliphatic carbocycles. The molecule has 0 aliphatic rings. The summed E-state index contributed by atoms with van der Waals surface area (Å²) in [6, 6.07) is 17.4. The lowest BCUT2D eigenvalue weighted by atomic mass is 10.2. The quantitative estimate of drug-likeness (QED) is 0.343. The van der Waals surface area contributed by atoms with Gasteiger partial charge in [0.1, 0.15) is 5.75 Å². The van der Waals surface area contributed by atoms with Crippen LogP contribution in [0.15, 0.2) is 59.7 Å². The van der Waals surface area contributed by atoms with E-state index in [4.69, 9.17) is 9.47 Å². The maximum absolute atomic E-state index is 12.1. The normalized spacial score (nSPS) is 10.9. The van der Waals surface area contributed by atoms with Gasteiger partial charge in [0.15, 0.2) is 0 Å². The molecular formula is C24H27N3O3. The lowest BCUT2D eigenvalue weighted by molar-refractivity contribution is 0.0526. The number of hydrogen-bond donors (Lipinski definition) is 1. The summed E-state index contributed by atoms with van der Waals surface area (Å²) in [7, 11) is 1.66. The van der Waals surface area contributed by atoms with Gasteiger partial charge in [-0.3, -0.25) is 0 Å². The molecule has 1 N–H and O–H groups in total. The third-order valence-corrected chi connectivity index (χ3v) is 4.84. The number of nitrogens with zero attached hydrogens (tertiary/aromatic N) is 2. The van der Waals surface area contributed by atoms with Crippen molar-refractivity contribution in [1.82, 2.24) is 9.99 Å². The minimum absolute atomic E-state index is 0.316. The molecule has 3 rings (SSSR count). The molecule has 0 aliphatic heterocycles. The Kier molecular flexibility index (Phi) is 6.91. The summed E-state index contributed by atoms with van der Waals surface area (Å²) >= 11 is 0. The second kappa shape index (κ2) is 9.78. The van der Waals surface area contributed by atoms with E-state index >= 15 is 0 Å². The lowest BCUT2D eigenvalue weighted by Crippen LogP contribution is -2.07. The molecule has 3 aromatic rings. The van der Waals surface area contributed by atoms with Crippen LogP contribution in [0.1, 0.15) is 39.8 Å². The van der Waals surface area contributed by atoms with Crippen molar-refractivity contribution >= 4 is 12.2 Å². The highest BCUT2D eigenvalue weighted by Gasteiger charge is 2.12. The zero-order chi connectivity index (χ0) is 21.5. The first kappa shape index (κ1) is 21.2. The van der Waals surface area contributed by atoms with Crippen LogP contribution >= 0.6 is 0 Å². The number of benzene rings is 2. The Balaban J connectivity index is 1.77. The van der Waals surface area contributed by atoms with Crippen molar-refractivity contribution in [2.45, 2.75) is 27.3 Å². The number of nitrogens with one attached hydrogen (secondary N) is 1. The molecule has 0 fully saturated rings. The molecular weight excluding hydrogens is 378 g/mol. The van der Waals surface area contributed by atoms with Crippen molar-refractivity contribution in [3.8, 4) is 11.4 Å². The minimum atomic E-state index is -0.316. The number of hydrazone groups is 1. The Morgan fingerprint density at radius 1 is 1.13 bits per heavy atom. The molecule has 30 heavy (non-hydrogen) atoms. The average molecular weight is 405 g/mol. The summed E-state index contributed by atoms with van der Waals surface area (Å²) < 4.78 is 12.6. The monoisotopic (exact) mass is 405 g/mol. The molecule has 0 unspecified atom stereocenters. The minimum Gasteiger partial charge on any atom is -0.496 e. The predicted octanol–water partition coefficient (Wildman–Crippen LogP) is 4.40. The highest BCUT2D eigenvalue weighted by Crippen LogP contribution is 2.21. The summed E-state index contributed by atoms with van der Waals surface area (Å²) in [5.41, 5.74) is 8.66. The van der Waals surface area contributed by atoms with Crippen molar-refractivity contribution in [1.29, 1.82) is 0 Å². The van der Waals surface area contributed by atoms with Gasteiger partial charge in [-0.15, -0.1) is 0 Å². The maximum atomic E-state index is 12.1. The molecule has 0 atom stereocenters. The molecule has 156 valence electrons. The highest BCUT2D eigenvalue weighted by atomic mass is 16.5. The summed E-state index contributed by atoms with van der Waals surface area (Å²) in [5, 5.41) is 4.37. The molecule has 6 heteroatoms. The van der Waals surface area contributed by atoms with Gasteiger partial charge in [-0.05, 0) is 51.1 Å². The summed E-state index contributed by atoms with van der Waals surface area (Å²) in [5.74, 6) is 0.518. The number of methoxy groups -OCH3 is 1. The molecule has 2 aromatic carbocycles. The number of aryl methyl sites for hydroxylation is 1. The van der Waals surface area contributed by atoms with E-state index < -0.39 is 0 Å². The number of aromatic nitrogens is 1. The van der Waals surface area contributed by atoms with E-state index in [9.17, 15) is 4.79 Å². The fraction of sp³-hybridized carbons (Fsp3) is 0.250. The SMILES string of the molecule is CCOC(=O)c1cccc(-n2c(C)cc(/C=N/NCc3ccccc3OC)c2C)c1. The van der Waals surface area contributed by atoms with Crippen LogP contribution in [0.4, 0.5) is 0 Å². The second-order valence-electron chi connectivity index (χ2n) is 6.84. The van der Waals surface area contributed by atoms with Crippen molar-refractivity contribution < 1.29 is 14.3 Å². The van der Waals surface area contributed by atoms with Crippen molar-refractivity contribution in [2.24, 2.45) is 5.10 Å². The Bertz CT molecular complexity index is 1050. The van der Waals surface area contributed by atoms with E-state index in [-0.39, 0.29) is 5.97 Å². The molecule has 1 aromatic heterocycles. The molecule has 0 spiro atoms. The molecule has 6 nitrogen and oxygen atoms in total. The van der Waals surface area contributed by atoms with Crippen LogP contribution < -0.4 is 10.2 Å². The first-order chi connectivity index (χ1) is 14.5. The largest absolute Gasteiger partial charge is 0.496 e. The lowest BCUT2D eigenvalue weighted by Gasteiger charge is -2.11. The summed E-state index contributed by atoms with van der Waals surface area (Å²) in [4.78, 5) is 12.1. The van der Waals surface area contributed by atoms with Gasteiger partial charge in [-0.2, -0.15) is 5.10 Å². The molecule has 0 radical (unpaired) electrons. The van der Waals surface area contributed by atoms with Crippen LogP contribution in [0.25, 0.3) is 5.69 Å². The van der Waals surface area contributed by atoms with E-state index in [1.807, 2.05) is 62.5 Å². The van der Waals surface area contributed by atoms with Crippen molar-refractivity contribution in [2.75, 3.05) is 13.7 Å². The van der Waals surface area contributed by atoms with E-state index in [1.54, 1.807) is 20.1 Å². The van der Waals surface area contributed by atoms with Crippen LogP contribution in [-0.2, 0) is 11.3 Å². The van der Waals surface area contributed by atoms with Crippen LogP contribution in [-0.4, -0.2) is 30.5 Å². The van der Waals surface area contributed by atoms with Crippen LogP contribution in [0.2, 0.25) is 0 Å². The van der Waals surface area contributed by atoms with Gasteiger partial charge in [0, 0.05) is 28.2 Å². The number of rotatable bonds is 8. The van der Waals surface area contributed by atoms with Gasteiger partial charge in [0.25, 0.3) is 0 Å². The summed E-state index contributed by atoms with van der Waals surface area (Å²) in [6.45, 7) is 6.79. The van der Waals surface area contributed by atoms with Crippen LogP contribution in [0, 0.1) is 13.8 Å². The maximum Gasteiger partial charge on any atom is 0.338 e. The number of para-hydroxylation sites is 1. The Hall–Kier alpha value is -3.54. The first-order valence-electron chi connectivity index (χ1n) is 9.89. The van der Waals surface area contributed by atoms with E-state index in [0.717, 1.165) is 34.0 Å².